The van der Waals surface area contributed by atoms with Crippen LogP contribution in [0.4, 0.5) is 0 Å². The van der Waals surface area contributed by atoms with Gasteiger partial charge in [-0.15, -0.1) is 0 Å². The molecule has 3 aromatic carbocycles. The largest absolute Gasteiger partial charge is 0.493 e. The van der Waals surface area contributed by atoms with Crippen molar-refractivity contribution in [1.82, 2.24) is 5.32 Å². The zero-order valence-electron chi connectivity index (χ0n) is 18.7. The van der Waals surface area contributed by atoms with Crippen LogP contribution in [0.2, 0.25) is 0 Å². The van der Waals surface area contributed by atoms with Crippen LogP contribution in [0.3, 0.4) is 0 Å². The average Bonchev–Trinajstić information content (AvgIpc) is 2.85. The third kappa shape index (κ3) is 7.15. The van der Waals surface area contributed by atoms with Gasteiger partial charge >= 0.3 is 0 Å². The summed E-state index contributed by atoms with van der Waals surface area (Å²) >= 11 is 0. The molecule has 0 fully saturated rings. The van der Waals surface area contributed by atoms with Gasteiger partial charge in [0, 0.05) is 6.54 Å². The normalized spacial score (nSPS) is 10.8. The van der Waals surface area contributed by atoms with E-state index >= 15 is 0 Å². The van der Waals surface area contributed by atoms with Gasteiger partial charge in [-0.2, -0.15) is 5.26 Å². The fourth-order valence-corrected chi connectivity index (χ4v) is 3.03. The van der Waals surface area contributed by atoms with Crippen molar-refractivity contribution >= 4 is 12.0 Å². The van der Waals surface area contributed by atoms with Crippen LogP contribution in [-0.4, -0.2) is 26.2 Å². The van der Waals surface area contributed by atoms with E-state index in [0.29, 0.717) is 36.8 Å². The van der Waals surface area contributed by atoms with E-state index < -0.39 is 5.91 Å². The van der Waals surface area contributed by atoms with Crippen molar-refractivity contribution in [2.24, 2.45) is 0 Å². The molecule has 168 valence electrons. The van der Waals surface area contributed by atoms with Crippen LogP contribution >= 0.6 is 0 Å². The summed E-state index contributed by atoms with van der Waals surface area (Å²) in [6.45, 7) is 3.09. The van der Waals surface area contributed by atoms with Gasteiger partial charge in [-0.05, 0) is 48.4 Å². The number of carbonyl (C=O) groups excluding carboxylic acids is 1. The van der Waals surface area contributed by atoms with Gasteiger partial charge in [-0.1, -0.05) is 54.1 Å². The topological polar surface area (TPSA) is 80.6 Å². The summed E-state index contributed by atoms with van der Waals surface area (Å²) in [6.07, 6.45) is 1.52. The summed E-state index contributed by atoms with van der Waals surface area (Å²) in [5.41, 5.74) is 2.79. The number of aryl methyl sites for hydroxylation is 1. The highest BCUT2D eigenvalue weighted by Gasteiger charge is 2.11. The molecule has 0 heterocycles. The second-order valence-electron chi connectivity index (χ2n) is 7.26. The second kappa shape index (κ2) is 12.0. The Morgan fingerprint density at radius 1 is 0.970 bits per heavy atom. The first-order valence-electron chi connectivity index (χ1n) is 10.5. The van der Waals surface area contributed by atoms with Gasteiger partial charge in [-0.3, -0.25) is 4.79 Å². The van der Waals surface area contributed by atoms with E-state index in [1.807, 2.05) is 67.6 Å². The molecule has 0 saturated carbocycles. The number of methoxy groups -OCH3 is 1. The van der Waals surface area contributed by atoms with Crippen molar-refractivity contribution in [2.45, 2.75) is 13.5 Å². The predicted octanol–water partition coefficient (Wildman–Crippen LogP) is 4.68. The Morgan fingerprint density at radius 2 is 1.70 bits per heavy atom. The predicted molar refractivity (Wildman–Crippen MR) is 127 cm³/mol. The second-order valence-corrected chi connectivity index (χ2v) is 7.26. The number of hydrogen-bond donors (Lipinski definition) is 1. The number of benzene rings is 3. The number of nitrogens with one attached hydrogen (secondary N) is 1. The van der Waals surface area contributed by atoms with Gasteiger partial charge in [0.1, 0.15) is 30.6 Å². The molecule has 0 atom stereocenters. The summed E-state index contributed by atoms with van der Waals surface area (Å²) in [6, 6.07) is 24.5. The van der Waals surface area contributed by atoms with Gasteiger partial charge in [0.2, 0.25) is 0 Å². The molecule has 0 aliphatic rings. The molecule has 3 rings (SSSR count). The van der Waals surface area contributed by atoms with Crippen LogP contribution in [0.25, 0.3) is 6.08 Å². The molecule has 0 saturated heterocycles. The number of nitriles is 1. The van der Waals surface area contributed by atoms with Crippen molar-refractivity contribution in [3.8, 4) is 23.3 Å². The number of carbonyl (C=O) groups is 1. The lowest BCUT2D eigenvalue weighted by Crippen LogP contribution is -2.23. The molecule has 6 heteroatoms. The van der Waals surface area contributed by atoms with Crippen LogP contribution < -0.4 is 19.5 Å². The molecule has 0 bridgehead atoms. The van der Waals surface area contributed by atoms with Crippen molar-refractivity contribution in [3.05, 3.63) is 95.1 Å². The molecule has 0 unspecified atom stereocenters. The summed E-state index contributed by atoms with van der Waals surface area (Å²) in [7, 11) is 1.54. The quantitative estimate of drug-likeness (QED) is 0.280. The van der Waals surface area contributed by atoms with Crippen LogP contribution in [0.15, 0.2) is 78.4 Å². The lowest BCUT2D eigenvalue weighted by Gasteiger charge is -2.12. The minimum absolute atomic E-state index is 0.00755. The van der Waals surface area contributed by atoms with E-state index in [1.54, 1.807) is 18.2 Å². The standard InChI is InChI=1S/C27H26N2O4/c1-20-8-11-24(12-9-20)32-14-15-33-25-13-10-22(17-26(25)31-2)16-23(18-28)27(30)29-19-21-6-4-3-5-7-21/h3-13,16-17H,14-15,19H2,1-2H3,(H,29,30)/b23-16+. The average molecular weight is 443 g/mol. The fraction of sp³-hybridized carbons (Fsp3) is 0.185. The van der Waals surface area contributed by atoms with Gasteiger partial charge in [0.05, 0.1) is 7.11 Å². The first-order valence-corrected chi connectivity index (χ1v) is 10.5. The number of nitrogens with zero attached hydrogens (tertiary/aromatic N) is 1. The van der Waals surface area contributed by atoms with Crippen LogP contribution in [0.5, 0.6) is 17.2 Å². The molecular formula is C27H26N2O4. The highest BCUT2D eigenvalue weighted by atomic mass is 16.5. The highest BCUT2D eigenvalue weighted by molar-refractivity contribution is 6.01. The van der Waals surface area contributed by atoms with E-state index in [1.165, 1.54) is 18.7 Å². The third-order valence-corrected chi connectivity index (χ3v) is 4.79. The molecule has 33 heavy (non-hydrogen) atoms. The van der Waals surface area contributed by atoms with Crippen molar-refractivity contribution in [2.75, 3.05) is 20.3 Å². The van der Waals surface area contributed by atoms with Gasteiger partial charge in [-0.25, -0.2) is 0 Å². The lowest BCUT2D eigenvalue weighted by molar-refractivity contribution is -0.117. The first-order chi connectivity index (χ1) is 16.1. The number of ether oxygens (including phenoxy) is 3. The summed E-state index contributed by atoms with van der Waals surface area (Å²) < 4.78 is 16.9. The van der Waals surface area contributed by atoms with Crippen molar-refractivity contribution in [3.63, 3.8) is 0 Å². The van der Waals surface area contributed by atoms with Crippen LogP contribution in [-0.2, 0) is 11.3 Å². The third-order valence-electron chi connectivity index (χ3n) is 4.79. The maximum Gasteiger partial charge on any atom is 0.262 e. The number of rotatable bonds is 10. The van der Waals surface area contributed by atoms with Crippen molar-refractivity contribution < 1.29 is 19.0 Å². The smallest absolute Gasteiger partial charge is 0.262 e. The fourth-order valence-electron chi connectivity index (χ4n) is 3.03. The number of amides is 1. The molecule has 0 aromatic heterocycles. The molecule has 1 amide bonds. The lowest BCUT2D eigenvalue weighted by atomic mass is 10.1. The van der Waals surface area contributed by atoms with Crippen LogP contribution in [0, 0.1) is 18.3 Å². The minimum Gasteiger partial charge on any atom is -0.493 e. The molecule has 0 aliphatic heterocycles. The molecule has 6 nitrogen and oxygen atoms in total. The minimum atomic E-state index is -0.436. The monoisotopic (exact) mass is 442 g/mol. The maximum atomic E-state index is 12.4. The van der Waals surface area contributed by atoms with Gasteiger partial charge in [0.15, 0.2) is 11.5 Å². The Bertz CT molecular complexity index is 1130. The Morgan fingerprint density at radius 3 is 2.39 bits per heavy atom. The first kappa shape index (κ1) is 23.4. The highest BCUT2D eigenvalue weighted by Crippen LogP contribution is 2.29. The maximum absolute atomic E-state index is 12.4. The summed E-state index contributed by atoms with van der Waals surface area (Å²) in [4.78, 5) is 12.4. The Labute approximate surface area is 194 Å². The van der Waals surface area contributed by atoms with Crippen molar-refractivity contribution in [1.29, 1.82) is 5.26 Å². The van der Waals surface area contributed by atoms with E-state index in [4.69, 9.17) is 14.2 Å². The Hall–Kier alpha value is -4.24. The molecule has 3 aromatic rings. The van der Waals surface area contributed by atoms with E-state index in [-0.39, 0.29) is 5.57 Å². The summed E-state index contributed by atoms with van der Waals surface area (Å²) in [5, 5.41) is 12.2. The zero-order chi connectivity index (χ0) is 23.5. The number of hydrogen-bond acceptors (Lipinski definition) is 5. The molecule has 0 radical (unpaired) electrons. The van der Waals surface area contributed by atoms with Crippen LogP contribution in [0.1, 0.15) is 16.7 Å². The van der Waals surface area contributed by atoms with Gasteiger partial charge < -0.3 is 19.5 Å². The van der Waals surface area contributed by atoms with Gasteiger partial charge in [0.25, 0.3) is 5.91 Å². The van der Waals surface area contributed by atoms with E-state index in [0.717, 1.165) is 11.3 Å². The molecular weight excluding hydrogens is 416 g/mol. The SMILES string of the molecule is COc1cc(/C=C(\C#N)C(=O)NCc2ccccc2)ccc1OCCOc1ccc(C)cc1. The molecule has 1 N–H and O–H groups in total. The van der Waals surface area contributed by atoms with E-state index in [9.17, 15) is 10.1 Å². The Balaban J connectivity index is 1.58. The molecule has 0 spiro atoms. The summed E-state index contributed by atoms with van der Waals surface area (Å²) in [5.74, 6) is 1.40. The zero-order valence-corrected chi connectivity index (χ0v) is 18.7. The molecule has 0 aliphatic carbocycles. The van der Waals surface area contributed by atoms with E-state index in [2.05, 4.69) is 5.32 Å². The Kier molecular flexibility index (Phi) is 8.49.